The summed E-state index contributed by atoms with van der Waals surface area (Å²) in [6.45, 7) is 3.38. The summed E-state index contributed by atoms with van der Waals surface area (Å²) >= 11 is 0. The van der Waals surface area contributed by atoms with Gasteiger partial charge in [0.05, 0.1) is 13.2 Å². The predicted molar refractivity (Wildman–Crippen MR) is 142 cm³/mol. The maximum Gasteiger partial charge on any atom is 0.472 e. The summed E-state index contributed by atoms with van der Waals surface area (Å²) in [5.41, 5.74) is 0. The Hall–Kier alpha value is -0.990. The lowest BCUT2D eigenvalue weighted by Crippen LogP contribution is -2.27. The van der Waals surface area contributed by atoms with E-state index in [1.165, 1.54) is 51.4 Å². The predicted octanol–water partition coefficient (Wildman–Crippen LogP) is 5.81. The number of nitrogens with one attached hydrogen (secondary N) is 1. The van der Waals surface area contributed by atoms with Crippen molar-refractivity contribution in [3.63, 3.8) is 0 Å². The van der Waals surface area contributed by atoms with Gasteiger partial charge in [0.25, 0.3) is 0 Å². The van der Waals surface area contributed by atoms with Crippen LogP contribution in [0.5, 0.6) is 0 Å². The zero-order chi connectivity index (χ0) is 26.9. The van der Waals surface area contributed by atoms with Crippen LogP contribution >= 0.6 is 7.82 Å². The Balaban J connectivity index is 3.66. The first-order valence-corrected chi connectivity index (χ1v) is 15.5. The number of hydrogen-bond donors (Lipinski definition) is 3. The second-order valence-electron chi connectivity index (χ2n) is 9.38. The molecule has 0 radical (unpaired) electrons. The van der Waals surface area contributed by atoms with Crippen molar-refractivity contribution in [3.8, 4) is 0 Å². The van der Waals surface area contributed by atoms with E-state index in [4.69, 9.17) is 13.8 Å². The first kappa shape index (κ1) is 35.0. The molecule has 214 valence electrons. The first-order chi connectivity index (χ1) is 17.3. The molecule has 0 saturated heterocycles. The molecule has 2 atom stereocenters. The van der Waals surface area contributed by atoms with E-state index in [2.05, 4.69) is 19.2 Å². The fourth-order valence-electron chi connectivity index (χ4n) is 3.61. The number of phosphoric acid groups is 1. The number of aliphatic hydroxyl groups is 1. The number of esters is 1. The lowest BCUT2D eigenvalue weighted by molar-refractivity contribution is -0.147. The molecule has 0 spiro atoms. The summed E-state index contributed by atoms with van der Waals surface area (Å²) in [4.78, 5) is 33.1. The van der Waals surface area contributed by atoms with E-state index in [0.717, 1.165) is 44.9 Å². The number of unbranched alkanes of at least 4 members (excludes halogenated alkanes) is 13. The molecule has 36 heavy (non-hydrogen) atoms. The Bertz CT molecular complexity index is 590. The van der Waals surface area contributed by atoms with Gasteiger partial charge in [0, 0.05) is 19.4 Å². The maximum atomic E-state index is 11.9. The van der Waals surface area contributed by atoms with Crippen molar-refractivity contribution in [3.05, 3.63) is 0 Å². The molecule has 0 aromatic carbocycles. The van der Waals surface area contributed by atoms with Crippen molar-refractivity contribution < 1.29 is 37.9 Å². The lowest BCUT2D eigenvalue weighted by atomic mass is 10.1. The summed E-state index contributed by atoms with van der Waals surface area (Å²) in [7, 11) is -4.38. The third-order valence-corrected chi connectivity index (χ3v) is 6.77. The van der Waals surface area contributed by atoms with Crippen LogP contribution in [-0.2, 0) is 27.9 Å². The lowest BCUT2D eigenvalue weighted by Gasteiger charge is -2.15. The second kappa shape index (κ2) is 24.4. The van der Waals surface area contributed by atoms with E-state index in [1.807, 2.05) is 0 Å². The van der Waals surface area contributed by atoms with Gasteiger partial charge in [0.15, 0.2) is 0 Å². The molecule has 3 N–H and O–H groups in total. The van der Waals surface area contributed by atoms with E-state index in [9.17, 15) is 24.2 Å². The highest BCUT2D eigenvalue weighted by Gasteiger charge is 2.23. The average molecular weight is 538 g/mol. The second-order valence-corrected chi connectivity index (χ2v) is 10.8. The van der Waals surface area contributed by atoms with Gasteiger partial charge < -0.3 is 20.1 Å². The summed E-state index contributed by atoms with van der Waals surface area (Å²) in [6.07, 6.45) is 16.6. The Morgan fingerprint density at radius 3 is 1.83 bits per heavy atom. The highest BCUT2D eigenvalue weighted by molar-refractivity contribution is 7.47. The van der Waals surface area contributed by atoms with Crippen molar-refractivity contribution in [2.75, 3.05) is 26.4 Å². The van der Waals surface area contributed by atoms with Crippen molar-refractivity contribution in [2.24, 2.45) is 0 Å². The number of carbonyl (C=O) groups is 2. The molecule has 2 unspecified atom stereocenters. The molecular formula is C26H52NO8P. The number of hydrogen-bond acceptors (Lipinski definition) is 7. The van der Waals surface area contributed by atoms with E-state index < -0.39 is 26.5 Å². The molecule has 1 amide bonds. The zero-order valence-electron chi connectivity index (χ0n) is 22.7. The average Bonchev–Trinajstić information content (AvgIpc) is 2.85. The Morgan fingerprint density at radius 1 is 0.750 bits per heavy atom. The highest BCUT2D eigenvalue weighted by atomic mass is 31.2. The van der Waals surface area contributed by atoms with Crippen molar-refractivity contribution in [2.45, 2.75) is 129 Å². The largest absolute Gasteiger partial charge is 0.472 e. The van der Waals surface area contributed by atoms with Crippen molar-refractivity contribution in [1.29, 1.82) is 0 Å². The van der Waals surface area contributed by atoms with Gasteiger partial charge in [0.2, 0.25) is 5.91 Å². The third-order valence-electron chi connectivity index (χ3n) is 5.79. The zero-order valence-corrected chi connectivity index (χ0v) is 23.6. The molecule has 0 bridgehead atoms. The topological polar surface area (TPSA) is 131 Å². The number of carbonyl (C=O) groups excluding carboxylic acids is 2. The molecule has 0 aliphatic heterocycles. The molecular weight excluding hydrogens is 485 g/mol. The number of aliphatic hydroxyl groups excluding tert-OH is 1. The smallest absolute Gasteiger partial charge is 0.463 e. The number of ether oxygens (including phenoxy) is 1. The number of rotatable bonds is 26. The molecule has 0 aliphatic carbocycles. The van der Waals surface area contributed by atoms with E-state index in [-0.39, 0.29) is 32.1 Å². The van der Waals surface area contributed by atoms with Crippen LogP contribution in [0.1, 0.15) is 123 Å². The molecule has 0 saturated carbocycles. The number of phosphoric ester groups is 1. The minimum absolute atomic E-state index is 0.0831. The first-order valence-electron chi connectivity index (χ1n) is 14.0. The summed E-state index contributed by atoms with van der Waals surface area (Å²) in [6, 6.07) is 0. The molecule has 0 aliphatic rings. The van der Waals surface area contributed by atoms with Crippen LogP contribution < -0.4 is 5.32 Å². The van der Waals surface area contributed by atoms with Crippen LogP contribution in [0, 0.1) is 0 Å². The maximum absolute atomic E-state index is 11.9. The Morgan fingerprint density at radius 2 is 1.25 bits per heavy atom. The highest BCUT2D eigenvalue weighted by Crippen LogP contribution is 2.42. The van der Waals surface area contributed by atoms with Gasteiger partial charge in [-0.3, -0.25) is 18.6 Å². The minimum atomic E-state index is -4.38. The summed E-state index contributed by atoms with van der Waals surface area (Å²) < 4.78 is 26.4. The van der Waals surface area contributed by atoms with Crippen LogP contribution in [0.3, 0.4) is 0 Å². The minimum Gasteiger partial charge on any atom is -0.463 e. The fraction of sp³-hybridized carbons (Fsp3) is 0.923. The third kappa shape index (κ3) is 24.7. The SMILES string of the molecule is CCCCCCCCCCCCCC(=O)OCC(O)COP(=O)(O)OCCNC(=O)CCCCCC. The van der Waals surface area contributed by atoms with Crippen molar-refractivity contribution in [1.82, 2.24) is 5.32 Å². The van der Waals surface area contributed by atoms with Crippen LogP contribution in [-0.4, -0.2) is 54.3 Å². The van der Waals surface area contributed by atoms with Crippen LogP contribution in [0.25, 0.3) is 0 Å². The molecule has 0 fully saturated rings. The van der Waals surface area contributed by atoms with Gasteiger partial charge in [-0.25, -0.2) is 4.57 Å². The van der Waals surface area contributed by atoms with Gasteiger partial charge >= 0.3 is 13.8 Å². The summed E-state index contributed by atoms with van der Waals surface area (Å²) in [5, 5.41) is 12.5. The molecule has 0 aromatic rings. The number of amides is 1. The van der Waals surface area contributed by atoms with Gasteiger partial charge in [-0.05, 0) is 12.8 Å². The Kier molecular flexibility index (Phi) is 23.7. The summed E-state index contributed by atoms with van der Waals surface area (Å²) in [5.74, 6) is -0.535. The fourth-order valence-corrected chi connectivity index (χ4v) is 4.37. The standard InChI is InChI=1S/C26H52NO8P/c1-3-5-7-9-10-11-12-13-14-15-17-19-26(30)33-22-24(28)23-35-36(31,32)34-21-20-27-25(29)18-16-8-6-4-2/h24,28H,3-23H2,1-2H3,(H,27,29)(H,31,32). The molecule has 0 rings (SSSR count). The van der Waals surface area contributed by atoms with E-state index in [1.54, 1.807) is 0 Å². The van der Waals surface area contributed by atoms with E-state index in [0.29, 0.717) is 6.42 Å². The quantitative estimate of drug-likeness (QED) is 0.0715. The van der Waals surface area contributed by atoms with Gasteiger partial charge in [-0.2, -0.15) is 0 Å². The van der Waals surface area contributed by atoms with Crippen LogP contribution in [0.15, 0.2) is 0 Å². The van der Waals surface area contributed by atoms with Crippen molar-refractivity contribution >= 4 is 19.7 Å². The molecule has 9 nitrogen and oxygen atoms in total. The van der Waals surface area contributed by atoms with Gasteiger partial charge in [-0.15, -0.1) is 0 Å². The Labute approximate surface area is 218 Å². The van der Waals surface area contributed by atoms with Crippen LogP contribution in [0.2, 0.25) is 0 Å². The molecule has 10 heteroatoms. The van der Waals surface area contributed by atoms with Crippen LogP contribution in [0.4, 0.5) is 0 Å². The monoisotopic (exact) mass is 537 g/mol. The van der Waals surface area contributed by atoms with E-state index >= 15 is 0 Å². The van der Waals surface area contributed by atoms with Gasteiger partial charge in [-0.1, -0.05) is 97.3 Å². The molecule has 0 heterocycles. The normalized spacial score (nSPS) is 13.8. The van der Waals surface area contributed by atoms with Gasteiger partial charge in [0.1, 0.15) is 12.7 Å². The molecule has 0 aromatic heterocycles.